The van der Waals surface area contributed by atoms with Crippen LogP contribution in [0.4, 0.5) is 4.39 Å². The van der Waals surface area contributed by atoms with Crippen molar-refractivity contribution in [2.45, 2.75) is 52.0 Å². The second-order valence-corrected chi connectivity index (χ2v) is 9.53. The summed E-state index contributed by atoms with van der Waals surface area (Å²) in [5.41, 5.74) is 8.07. The third-order valence-corrected chi connectivity index (χ3v) is 6.79. The molecule has 0 amide bonds. The summed E-state index contributed by atoms with van der Waals surface area (Å²) in [6.45, 7) is 2.62. The van der Waals surface area contributed by atoms with Crippen molar-refractivity contribution in [2.75, 3.05) is 6.67 Å². The first-order valence-corrected chi connectivity index (χ1v) is 12.5. The molecule has 1 aliphatic carbocycles. The Hall–Kier alpha value is -2.70. The van der Waals surface area contributed by atoms with E-state index in [0.717, 1.165) is 78.1 Å². The van der Waals surface area contributed by atoms with Gasteiger partial charge in [-0.1, -0.05) is 53.5 Å². The number of hydrogen-bond acceptors (Lipinski definition) is 3. The van der Waals surface area contributed by atoms with Crippen molar-refractivity contribution in [3.8, 4) is 28.3 Å². The number of alkyl halides is 1. The van der Waals surface area contributed by atoms with E-state index in [2.05, 4.69) is 35.4 Å². The summed E-state index contributed by atoms with van der Waals surface area (Å²) in [7, 11) is 0. The fraction of sp³-hybridized carbons (Fsp3) is 0.346. The lowest BCUT2D eigenvalue weighted by molar-refractivity contribution is 0.473. The molecule has 2 aromatic heterocycles. The van der Waals surface area contributed by atoms with Crippen molar-refractivity contribution in [1.29, 1.82) is 0 Å². The van der Waals surface area contributed by atoms with Crippen molar-refractivity contribution < 1.29 is 4.39 Å². The summed E-state index contributed by atoms with van der Waals surface area (Å²) >= 11 is 12.8. The Bertz CT molecular complexity index is 1330. The Labute approximate surface area is 208 Å². The predicted octanol–water partition coefficient (Wildman–Crippen LogP) is 6.91. The maximum atomic E-state index is 12.8. The SMILES string of the molecule is CCCn1cc(-c2nn(-c3ccc(Cl)cc3Cl)c3c2CCCc2cc(CCCF)ccc2-3)nn1. The molecule has 34 heavy (non-hydrogen) atoms. The van der Waals surface area contributed by atoms with Crippen LogP contribution in [-0.4, -0.2) is 31.4 Å². The van der Waals surface area contributed by atoms with Gasteiger partial charge in [0.15, 0.2) is 0 Å². The number of nitrogens with zero attached hydrogens (tertiary/aromatic N) is 5. The minimum absolute atomic E-state index is 0.300. The molecule has 0 bridgehead atoms. The van der Waals surface area contributed by atoms with E-state index < -0.39 is 0 Å². The number of aromatic nitrogens is 5. The molecule has 0 aliphatic heterocycles. The van der Waals surface area contributed by atoms with Crippen LogP contribution in [0.3, 0.4) is 0 Å². The average molecular weight is 498 g/mol. The topological polar surface area (TPSA) is 48.5 Å². The van der Waals surface area contributed by atoms with E-state index in [1.807, 2.05) is 27.7 Å². The molecule has 2 aromatic carbocycles. The van der Waals surface area contributed by atoms with Gasteiger partial charge < -0.3 is 0 Å². The number of benzene rings is 2. The molecule has 5 rings (SSSR count). The largest absolute Gasteiger partial charge is 0.252 e. The zero-order valence-electron chi connectivity index (χ0n) is 19.1. The highest BCUT2D eigenvalue weighted by Gasteiger charge is 2.27. The van der Waals surface area contributed by atoms with Crippen LogP contribution in [0, 0.1) is 0 Å². The predicted molar refractivity (Wildman–Crippen MR) is 135 cm³/mol. The zero-order valence-corrected chi connectivity index (χ0v) is 20.6. The zero-order chi connectivity index (χ0) is 23.7. The van der Waals surface area contributed by atoms with E-state index in [4.69, 9.17) is 28.3 Å². The summed E-state index contributed by atoms with van der Waals surface area (Å²) < 4.78 is 16.5. The van der Waals surface area contributed by atoms with E-state index in [1.165, 1.54) is 5.56 Å². The molecule has 8 heteroatoms. The molecule has 0 N–H and O–H groups in total. The second kappa shape index (κ2) is 9.88. The van der Waals surface area contributed by atoms with Crippen LogP contribution in [0.15, 0.2) is 42.6 Å². The fourth-order valence-electron chi connectivity index (χ4n) is 4.71. The molecule has 0 saturated carbocycles. The molecule has 5 nitrogen and oxygen atoms in total. The standard InChI is InChI=1S/C26H26Cl2FN5/c1-2-13-33-16-23(30-32-33)25-21-7-3-6-18-14-17(5-4-12-29)8-10-20(18)26(21)34(31-25)24-11-9-19(27)15-22(24)28/h8-11,14-16H,2-7,12-13H2,1H3. The molecule has 2 heterocycles. The number of hydrogen-bond donors (Lipinski definition) is 0. The molecule has 0 spiro atoms. The number of halogens is 3. The Morgan fingerprint density at radius 3 is 2.76 bits per heavy atom. The van der Waals surface area contributed by atoms with E-state index in [9.17, 15) is 4.39 Å². The second-order valence-electron chi connectivity index (χ2n) is 8.69. The van der Waals surface area contributed by atoms with Gasteiger partial charge in [0.05, 0.1) is 29.3 Å². The van der Waals surface area contributed by atoms with Crippen LogP contribution in [0.2, 0.25) is 10.0 Å². The summed E-state index contributed by atoms with van der Waals surface area (Å²) in [6.07, 6.45) is 7.03. The van der Waals surface area contributed by atoms with Crippen molar-refractivity contribution in [1.82, 2.24) is 24.8 Å². The molecule has 0 saturated heterocycles. The average Bonchev–Trinajstić information content (AvgIpc) is 3.38. The first-order chi connectivity index (χ1) is 16.6. The van der Waals surface area contributed by atoms with Gasteiger partial charge in [-0.25, -0.2) is 4.68 Å². The minimum Gasteiger partial charge on any atom is -0.252 e. The molecular formula is C26H26Cl2FN5. The van der Waals surface area contributed by atoms with Gasteiger partial charge in [0.1, 0.15) is 11.4 Å². The minimum atomic E-state index is -0.300. The Balaban J connectivity index is 1.71. The smallest absolute Gasteiger partial charge is 0.133 e. The Kier molecular flexibility index (Phi) is 6.70. The van der Waals surface area contributed by atoms with E-state index in [1.54, 1.807) is 6.07 Å². The lowest BCUT2D eigenvalue weighted by atomic mass is 9.97. The lowest BCUT2D eigenvalue weighted by Gasteiger charge is -2.14. The first-order valence-electron chi connectivity index (χ1n) is 11.7. The quantitative estimate of drug-likeness (QED) is 0.278. The molecule has 0 atom stereocenters. The number of rotatable bonds is 7. The maximum absolute atomic E-state index is 12.8. The highest BCUT2D eigenvalue weighted by Crippen LogP contribution is 2.40. The van der Waals surface area contributed by atoms with E-state index in [0.29, 0.717) is 16.5 Å². The Morgan fingerprint density at radius 2 is 1.97 bits per heavy atom. The third kappa shape index (κ3) is 4.37. The van der Waals surface area contributed by atoms with Crippen molar-refractivity contribution in [3.63, 3.8) is 0 Å². The summed E-state index contributed by atoms with van der Waals surface area (Å²) in [5, 5.41) is 14.9. The van der Waals surface area contributed by atoms with Gasteiger partial charge in [0, 0.05) is 22.7 Å². The summed E-state index contributed by atoms with van der Waals surface area (Å²) in [6, 6.07) is 11.9. The van der Waals surface area contributed by atoms with Gasteiger partial charge in [-0.3, -0.25) is 9.07 Å². The van der Waals surface area contributed by atoms with Gasteiger partial charge in [0.2, 0.25) is 0 Å². The van der Waals surface area contributed by atoms with Gasteiger partial charge >= 0.3 is 0 Å². The summed E-state index contributed by atoms with van der Waals surface area (Å²) in [5.74, 6) is 0. The van der Waals surface area contributed by atoms with Gasteiger partial charge in [-0.05, 0) is 67.9 Å². The van der Waals surface area contributed by atoms with Crippen LogP contribution >= 0.6 is 23.2 Å². The lowest BCUT2D eigenvalue weighted by Crippen LogP contribution is -2.02. The summed E-state index contributed by atoms with van der Waals surface area (Å²) in [4.78, 5) is 0. The van der Waals surface area contributed by atoms with Crippen LogP contribution in [0.5, 0.6) is 0 Å². The molecular weight excluding hydrogens is 472 g/mol. The van der Waals surface area contributed by atoms with Gasteiger partial charge in [-0.2, -0.15) is 5.10 Å². The molecule has 0 unspecified atom stereocenters. The molecule has 0 fully saturated rings. The third-order valence-electron chi connectivity index (χ3n) is 6.25. The highest BCUT2D eigenvalue weighted by atomic mass is 35.5. The van der Waals surface area contributed by atoms with Crippen LogP contribution in [-0.2, 0) is 25.8 Å². The molecule has 1 aliphatic rings. The highest BCUT2D eigenvalue weighted by molar-refractivity contribution is 6.35. The van der Waals surface area contributed by atoms with Crippen molar-refractivity contribution >= 4 is 23.2 Å². The van der Waals surface area contributed by atoms with Gasteiger partial charge in [-0.15, -0.1) is 5.10 Å². The van der Waals surface area contributed by atoms with E-state index >= 15 is 0 Å². The van der Waals surface area contributed by atoms with Crippen LogP contribution in [0.25, 0.3) is 28.3 Å². The molecule has 4 aromatic rings. The molecule has 0 radical (unpaired) electrons. The first kappa shape index (κ1) is 23.1. The van der Waals surface area contributed by atoms with Gasteiger partial charge in [0.25, 0.3) is 0 Å². The van der Waals surface area contributed by atoms with Crippen molar-refractivity contribution in [3.05, 3.63) is 69.3 Å². The number of fused-ring (bicyclic) bond motifs is 3. The van der Waals surface area contributed by atoms with Crippen molar-refractivity contribution in [2.24, 2.45) is 0 Å². The Morgan fingerprint density at radius 1 is 1.09 bits per heavy atom. The fourth-order valence-corrected chi connectivity index (χ4v) is 5.20. The van der Waals surface area contributed by atoms with Crippen LogP contribution in [0.1, 0.15) is 42.9 Å². The van der Waals surface area contributed by atoms with E-state index in [-0.39, 0.29) is 6.67 Å². The normalized spacial score (nSPS) is 12.9. The van der Waals surface area contributed by atoms with Crippen LogP contribution < -0.4 is 0 Å². The number of aryl methyl sites for hydroxylation is 3. The molecule has 176 valence electrons. The maximum Gasteiger partial charge on any atom is 0.133 e. The monoisotopic (exact) mass is 497 g/mol.